The quantitative estimate of drug-likeness (QED) is 0.706. The summed E-state index contributed by atoms with van der Waals surface area (Å²) >= 11 is 0. The molecule has 1 aliphatic rings. The van der Waals surface area contributed by atoms with Crippen molar-refractivity contribution in [1.82, 2.24) is 0 Å². The van der Waals surface area contributed by atoms with Gasteiger partial charge >= 0.3 is 0 Å². The lowest BCUT2D eigenvalue weighted by Gasteiger charge is -2.31. The van der Waals surface area contributed by atoms with Gasteiger partial charge in [0.05, 0.1) is 6.10 Å². The first-order valence-corrected chi connectivity index (χ1v) is 6.30. The summed E-state index contributed by atoms with van der Waals surface area (Å²) in [7, 11) is 0. The van der Waals surface area contributed by atoms with Crippen LogP contribution >= 0.6 is 0 Å². The molecule has 0 spiro atoms. The standard InChI is InChI=1S/C15H12F2O4/c16-8-4-10(17)9-6-13(20)15(21-14(9)5-8)7-1-2-11(18)12(19)3-7/h1-5,13,15,18-20H,6H2/t13-,15-/m0/s1. The van der Waals surface area contributed by atoms with Gasteiger partial charge in [0.1, 0.15) is 23.5 Å². The Labute approximate surface area is 118 Å². The van der Waals surface area contributed by atoms with Crippen molar-refractivity contribution in [3.05, 3.63) is 53.1 Å². The van der Waals surface area contributed by atoms with Gasteiger partial charge in [-0.1, -0.05) is 6.07 Å². The molecule has 110 valence electrons. The number of phenols is 2. The van der Waals surface area contributed by atoms with Gasteiger partial charge < -0.3 is 20.1 Å². The fourth-order valence-electron chi connectivity index (χ4n) is 2.42. The minimum Gasteiger partial charge on any atom is -0.504 e. The van der Waals surface area contributed by atoms with Gasteiger partial charge in [0.15, 0.2) is 11.5 Å². The van der Waals surface area contributed by atoms with E-state index in [0.717, 1.165) is 12.1 Å². The van der Waals surface area contributed by atoms with Gasteiger partial charge in [-0.05, 0) is 17.7 Å². The Balaban J connectivity index is 2.00. The second-order valence-corrected chi connectivity index (χ2v) is 4.92. The van der Waals surface area contributed by atoms with Crippen molar-refractivity contribution < 1.29 is 28.8 Å². The van der Waals surface area contributed by atoms with Gasteiger partial charge in [-0.25, -0.2) is 8.78 Å². The molecule has 0 radical (unpaired) electrons. The van der Waals surface area contributed by atoms with Crippen LogP contribution in [0.3, 0.4) is 0 Å². The Bertz CT molecular complexity index is 702. The van der Waals surface area contributed by atoms with Crippen LogP contribution in [-0.4, -0.2) is 21.4 Å². The van der Waals surface area contributed by atoms with Gasteiger partial charge in [0.25, 0.3) is 0 Å². The number of aliphatic hydroxyl groups excluding tert-OH is 1. The van der Waals surface area contributed by atoms with E-state index in [-0.39, 0.29) is 29.2 Å². The molecule has 0 saturated heterocycles. The summed E-state index contributed by atoms with van der Waals surface area (Å²) in [5.41, 5.74) is 0.510. The molecule has 0 saturated carbocycles. The summed E-state index contributed by atoms with van der Waals surface area (Å²) in [6.07, 6.45) is -1.97. The number of fused-ring (bicyclic) bond motifs is 1. The van der Waals surface area contributed by atoms with Crippen LogP contribution in [0.4, 0.5) is 8.78 Å². The minimum atomic E-state index is -1.05. The second kappa shape index (κ2) is 4.89. The third kappa shape index (κ3) is 2.38. The summed E-state index contributed by atoms with van der Waals surface area (Å²) in [5.74, 6) is -2.18. The Morgan fingerprint density at radius 2 is 1.81 bits per heavy atom. The van der Waals surface area contributed by atoms with E-state index in [1.807, 2.05) is 0 Å². The predicted molar refractivity (Wildman–Crippen MR) is 69.2 cm³/mol. The number of benzene rings is 2. The van der Waals surface area contributed by atoms with Crippen LogP contribution in [0, 0.1) is 11.6 Å². The number of hydrogen-bond acceptors (Lipinski definition) is 4. The average molecular weight is 294 g/mol. The molecule has 2 aromatic rings. The molecule has 3 rings (SSSR count). The largest absolute Gasteiger partial charge is 0.504 e. The summed E-state index contributed by atoms with van der Waals surface area (Å²) < 4.78 is 32.4. The van der Waals surface area contributed by atoms with Crippen molar-refractivity contribution in [2.24, 2.45) is 0 Å². The Hall–Kier alpha value is -2.34. The zero-order valence-electron chi connectivity index (χ0n) is 10.8. The Kier molecular flexibility index (Phi) is 3.17. The van der Waals surface area contributed by atoms with E-state index in [1.54, 1.807) is 0 Å². The molecule has 4 nitrogen and oxygen atoms in total. The van der Waals surface area contributed by atoms with Crippen LogP contribution < -0.4 is 4.74 Å². The van der Waals surface area contributed by atoms with Crippen LogP contribution in [0.2, 0.25) is 0 Å². The van der Waals surface area contributed by atoms with E-state index in [9.17, 15) is 24.1 Å². The molecular formula is C15H12F2O4. The van der Waals surface area contributed by atoms with Gasteiger partial charge in [0, 0.05) is 24.1 Å². The highest BCUT2D eigenvalue weighted by Gasteiger charge is 2.32. The fourth-order valence-corrected chi connectivity index (χ4v) is 2.42. The number of ether oxygens (including phenoxy) is 1. The first-order valence-electron chi connectivity index (χ1n) is 6.30. The third-order valence-corrected chi connectivity index (χ3v) is 3.46. The van der Waals surface area contributed by atoms with E-state index in [0.29, 0.717) is 5.56 Å². The normalized spacial score (nSPS) is 20.7. The summed E-state index contributed by atoms with van der Waals surface area (Å²) in [4.78, 5) is 0. The lowest BCUT2D eigenvalue weighted by molar-refractivity contribution is 0.0191. The van der Waals surface area contributed by atoms with Gasteiger partial charge in [-0.3, -0.25) is 0 Å². The van der Waals surface area contributed by atoms with Crippen LogP contribution in [0.15, 0.2) is 30.3 Å². The number of aliphatic hydroxyl groups is 1. The maximum Gasteiger partial charge on any atom is 0.157 e. The van der Waals surface area contributed by atoms with E-state index in [2.05, 4.69) is 0 Å². The molecule has 0 fully saturated rings. The van der Waals surface area contributed by atoms with Crippen molar-refractivity contribution in [3.8, 4) is 17.2 Å². The number of phenolic OH excluding ortho intramolecular Hbond substituents is 2. The van der Waals surface area contributed by atoms with Crippen molar-refractivity contribution >= 4 is 0 Å². The smallest absolute Gasteiger partial charge is 0.157 e. The minimum absolute atomic E-state index is 0.0235. The molecule has 0 amide bonds. The Morgan fingerprint density at radius 1 is 1.05 bits per heavy atom. The van der Waals surface area contributed by atoms with E-state index in [4.69, 9.17) is 4.74 Å². The topological polar surface area (TPSA) is 69.9 Å². The number of halogens is 2. The monoisotopic (exact) mass is 294 g/mol. The van der Waals surface area contributed by atoms with Crippen LogP contribution in [0.25, 0.3) is 0 Å². The maximum atomic E-state index is 13.6. The summed E-state index contributed by atoms with van der Waals surface area (Å²) in [5, 5.41) is 28.9. The van der Waals surface area contributed by atoms with Crippen molar-refractivity contribution in [3.63, 3.8) is 0 Å². The van der Waals surface area contributed by atoms with Crippen LogP contribution in [-0.2, 0) is 6.42 Å². The average Bonchev–Trinajstić information content (AvgIpc) is 2.42. The highest BCUT2D eigenvalue weighted by atomic mass is 19.1. The SMILES string of the molecule is Oc1ccc([C@@H]2Oc3cc(F)cc(F)c3C[C@@H]2O)cc1O. The molecule has 0 aliphatic carbocycles. The summed E-state index contributed by atoms with van der Waals surface area (Å²) in [6.45, 7) is 0. The lowest BCUT2D eigenvalue weighted by Crippen LogP contribution is -2.31. The molecule has 2 atom stereocenters. The molecule has 1 heterocycles. The predicted octanol–water partition coefficient (Wildman–Crippen LogP) is 2.41. The second-order valence-electron chi connectivity index (χ2n) is 4.92. The van der Waals surface area contributed by atoms with Crippen molar-refractivity contribution in [2.45, 2.75) is 18.6 Å². The third-order valence-electron chi connectivity index (χ3n) is 3.46. The summed E-state index contributed by atoms with van der Waals surface area (Å²) in [6, 6.07) is 5.75. The molecule has 6 heteroatoms. The molecule has 2 aromatic carbocycles. The first kappa shape index (κ1) is 13.6. The zero-order valence-corrected chi connectivity index (χ0v) is 10.8. The molecule has 0 bridgehead atoms. The van der Waals surface area contributed by atoms with Crippen LogP contribution in [0.5, 0.6) is 17.2 Å². The molecule has 1 aliphatic heterocycles. The van der Waals surface area contributed by atoms with Crippen LogP contribution in [0.1, 0.15) is 17.2 Å². The Morgan fingerprint density at radius 3 is 2.52 bits per heavy atom. The molecular weight excluding hydrogens is 282 g/mol. The molecule has 3 N–H and O–H groups in total. The molecule has 0 unspecified atom stereocenters. The highest BCUT2D eigenvalue weighted by molar-refractivity contribution is 5.44. The van der Waals surface area contributed by atoms with Gasteiger partial charge in [0.2, 0.25) is 0 Å². The number of aromatic hydroxyl groups is 2. The fraction of sp³-hybridized carbons (Fsp3) is 0.200. The van der Waals surface area contributed by atoms with Crippen molar-refractivity contribution in [2.75, 3.05) is 0 Å². The first-order chi connectivity index (χ1) is 9.95. The maximum absolute atomic E-state index is 13.6. The van der Waals surface area contributed by atoms with Gasteiger partial charge in [-0.15, -0.1) is 0 Å². The number of hydrogen-bond donors (Lipinski definition) is 3. The lowest BCUT2D eigenvalue weighted by atomic mass is 9.94. The molecule has 0 aromatic heterocycles. The molecule has 21 heavy (non-hydrogen) atoms. The van der Waals surface area contributed by atoms with Gasteiger partial charge in [-0.2, -0.15) is 0 Å². The highest BCUT2D eigenvalue weighted by Crippen LogP contribution is 2.38. The van der Waals surface area contributed by atoms with E-state index < -0.39 is 23.8 Å². The zero-order chi connectivity index (χ0) is 15.1. The van der Waals surface area contributed by atoms with E-state index in [1.165, 1.54) is 18.2 Å². The van der Waals surface area contributed by atoms with E-state index >= 15 is 0 Å². The number of rotatable bonds is 1. The van der Waals surface area contributed by atoms with Crippen molar-refractivity contribution in [1.29, 1.82) is 0 Å².